The molecule has 2 heterocycles. The first-order chi connectivity index (χ1) is 11.3. The molecule has 23 heavy (non-hydrogen) atoms. The molecule has 0 fully saturated rings. The van der Waals surface area contributed by atoms with E-state index in [1.54, 1.807) is 6.20 Å². The second-order valence-electron chi connectivity index (χ2n) is 5.55. The summed E-state index contributed by atoms with van der Waals surface area (Å²) in [6, 6.07) is 18.2. The molecule has 112 valence electrons. The van der Waals surface area contributed by atoms with Gasteiger partial charge in [-0.25, -0.2) is 0 Å². The minimum absolute atomic E-state index is 0.708. The highest BCUT2D eigenvalue weighted by Gasteiger charge is 2.04. The minimum Gasteiger partial charge on any atom is -0.343 e. The second kappa shape index (κ2) is 5.57. The lowest BCUT2D eigenvalue weighted by Gasteiger charge is -2.07. The van der Waals surface area contributed by atoms with Gasteiger partial charge in [-0.1, -0.05) is 24.3 Å². The summed E-state index contributed by atoms with van der Waals surface area (Å²) in [5.74, 6) is 0. The van der Waals surface area contributed by atoms with Crippen molar-refractivity contribution in [3.05, 3.63) is 78.1 Å². The van der Waals surface area contributed by atoms with Gasteiger partial charge in [0.15, 0.2) is 0 Å². The van der Waals surface area contributed by atoms with Gasteiger partial charge in [0, 0.05) is 35.4 Å². The van der Waals surface area contributed by atoms with Crippen LogP contribution in [0, 0.1) is 0 Å². The molecule has 0 saturated heterocycles. The quantitative estimate of drug-likeness (QED) is 0.581. The highest BCUT2D eigenvalue weighted by molar-refractivity contribution is 5.87. The highest BCUT2D eigenvalue weighted by atomic mass is 16.1. The average Bonchev–Trinajstić information content (AvgIpc) is 3.25. The van der Waals surface area contributed by atoms with Crippen molar-refractivity contribution in [2.24, 2.45) is 0 Å². The van der Waals surface area contributed by atoms with E-state index in [0.717, 1.165) is 35.0 Å². The number of aromatic amines is 1. The number of aldehydes is 1. The van der Waals surface area contributed by atoms with Gasteiger partial charge in [0.05, 0.1) is 5.69 Å². The summed E-state index contributed by atoms with van der Waals surface area (Å²) in [6.45, 7) is 0.799. The Morgan fingerprint density at radius 3 is 2.65 bits per heavy atom. The van der Waals surface area contributed by atoms with E-state index in [1.165, 1.54) is 5.56 Å². The molecule has 0 bridgehead atoms. The molecular formula is C19H15N3O. The number of carbonyl (C=O) groups is 1. The van der Waals surface area contributed by atoms with Crippen LogP contribution in [-0.4, -0.2) is 21.1 Å². The van der Waals surface area contributed by atoms with E-state index in [1.807, 2.05) is 30.3 Å². The van der Waals surface area contributed by atoms with E-state index >= 15 is 0 Å². The maximum absolute atomic E-state index is 10.9. The van der Waals surface area contributed by atoms with Crippen LogP contribution in [0.5, 0.6) is 0 Å². The number of benzene rings is 2. The molecule has 1 N–H and O–H groups in total. The topological polar surface area (TPSA) is 50.7 Å². The standard InChI is InChI=1S/C19H15N3O/c23-13-15-3-6-19-17(11-15)8-10-22(19)12-14-1-4-16(5-2-14)18-7-9-20-21-18/h1-11,13H,12H2,(H,20,21). The zero-order chi connectivity index (χ0) is 15.6. The monoisotopic (exact) mass is 301 g/mol. The van der Waals surface area contributed by atoms with Crippen LogP contribution in [0.1, 0.15) is 15.9 Å². The van der Waals surface area contributed by atoms with Crippen molar-refractivity contribution in [1.82, 2.24) is 14.8 Å². The summed E-state index contributed by atoms with van der Waals surface area (Å²) in [5.41, 5.74) is 5.21. The van der Waals surface area contributed by atoms with Crippen LogP contribution in [0.4, 0.5) is 0 Å². The molecule has 0 spiro atoms. The fourth-order valence-corrected chi connectivity index (χ4v) is 2.83. The SMILES string of the molecule is O=Cc1ccc2c(ccn2Cc2ccc(-c3ccn[nH]3)cc2)c1. The molecule has 0 aliphatic heterocycles. The summed E-state index contributed by atoms with van der Waals surface area (Å²) in [4.78, 5) is 10.9. The molecule has 4 rings (SSSR count). The van der Waals surface area contributed by atoms with Gasteiger partial charge in [-0.3, -0.25) is 9.89 Å². The summed E-state index contributed by atoms with van der Waals surface area (Å²) in [7, 11) is 0. The second-order valence-corrected chi connectivity index (χ2v) is 5.55. The first kappa shape index (κ1) is 13.5. The lowest BCUT2D eigenvalue weighted by molar-refractivity contribution is 0.112. The Kier molecular flexibility index (Phi) is 3.27. The number of hydrogen-bond donors (Lipinski definition) is 1. The lowest BCUT2D eigenvalue weighted by atomic mass is 10.1. The fraction of sp³-hybridized carbons (Fsp3) is 0.0526. The Hall–Kier alpha value is -3.14. The van der Waals surface area contributed by atoms with E-state index in [9.17, 15) is 4.79 Å². The largest absolute Gasteiger partial charge is 0.343 e. The summed E-state index contributed by atoms with van der Waals surface area (Å²) in [5, 5.41) is 8.03. The maximum atomic E-state index is 10.9. The van der Waals surface area contributed by atoms with Crippen molar-refractivity contribution in [3.8, 4) is 11.3 Å². The number of carbonyl (C=O) groups excluding carboxylic acids is 1. The van der Waals surface area contributed by atoms with Crippen molar-refractivity contribution in [3.63, 3.8) is 0 Å². The Balaban J connectivity index is 1.62. The smallest absolute Gasteiger partial charge is 0.150 e. The third-order valence-corrected chi connectivity index (χ3v) is 4.05. The normalized spacial score (nSPS) is 11.0. The van der Waals surface area contributed by atoms with Gasteiger partial charge in [-0.15, -0.1) is 0 Å². The van der Waals surface area contributed by atoms with Crippen LogP contribution in [-0.2, 0) is 6.54 Å². The zero-order valence-corrected chi connectivity index (χ0v) is 12.4. The molecule has 0 radical (unpaired) electrons. The van der Waals surface area contributed by atoms with Crippen LogP contribution >= 0.6 is 0 Å². The molecule has 0 amide bonds. The number of aromatic nitrogens is 3. The molecule has 4 heteroatoms. The van der Waals surface area contributed by atoms with Crippen LogP contribution < -0.4 is 0 Å². The summed E-state index contributed by atoms with van der Waals surface area (Å²) >= 11 is 0. The van der Waals surface area contributed by atoms with Crippen molar-refractivity contribution in [2.45, 2.75) is 6.54 Å². The predicted molar refractivity (Wildman–Crippen MR) is 90.5 cm³/mol. The molecule has 0 saturated carbocycles. The van der Waals surface area contributed by atoms with E-state index < -0.39 is 0 Å². The Labute approximate surface area is 133 Å². The Bertz CT molecular complexity index is 950. The van der Waals surface area contributed by atoms with Gasteiger partial charge in [-0.05, 0) is 41.5 Å². The average molecular weight is 301 g/mol. The van der Waals surface area contributed by atoms with Crippen molar-refractivity contribution in [2.75, 3.05) is 0 Å². The van der Waals surface area contributed by atoms with Gasteiger partial charge in [-0.2, -0.15) is 5.10 Å². The third-order valence-electron chi connectivity index (χ3n) is 4.05. The maximum Gasteiger partial charge on any atom is 0.150 e. The predicted octanol–water partition coefficient (Wildman–Crippen LogP) is 3.89. The molecule has 0 aliphatic rings. The molecule has 2 aromatic carbocycles. The molecule has 0 atom stereocenters. The van der Waals surface area contributed by atoms with Crippen LogP contribution in [0.15, 0.2) is 67.0 Å². The third kappa shape index (κ3) is 2.55. The van der Waals surface area contributed by atoms with Crippen molar-refractivity contribution >= 4 is 17.2 Å². The van der Waals surface area contributed by atoms with Gasteiger partial charge >= 0.3 is 0 Å². The molecule has 0 unspecified atom stereocenters. The van der Waals surface area contributed by atoms with Gasteiger partial charge in [0.2, 0.25) is 0 Å². The van der Waals surface area contributed by atoms with Crippen molar-refractivity contribution < 1.29 is 4.79 Å². The summed E-state index contributed by atoms with van der Waals surface area (Å²) < 4.78 is 2.19. The van der Waals surface area contributed by atoms with E-state index in [-0.39, 0.29) is 0 Å². The molecule has 0 aliphatic carbocycles. The number of fused-ring (bicyclic) bond motifs is 1. The van der Waals surface area contributed by atoms with Crippen molar-refractivity contribution in [1.29, 1.82) is 0 Å². The summed E-state index contributed by atoms with van der Waals surface area (Å²) in [6.07, 6.45) is 4.69. The van der Waals surface area contributed by atoms with Gasteiger partial charge < -0.3 is 4.57 Å². The van der Waals surface area contributed by atoms with Crippen LogP contribution in [0.2, 0.25) is 0 Å². The Morgan fingerprint density at radius 2 is 1.91 bits per heavy atom. The first-order valence-electron chi connectivity index (χ1n) is 7.46. The zero-order valence-electron chi connectivity index (χ0n) is 12.4. The van der Waals surface area contributed by atoms with Gasteiger partial charge in [0.25, 0.3) is 0 Å². The van der Waals surface area contributed by atoms with E-state index in [0.29, 0.717) is 5.56 Å². The van der Waals surface area contributed by atoms with Crippen LogP contribution in [0.25, 0.3) is 22.2 Å². The molecular weight excluding hydrogens is 286 g/mol. The van der Waals surface area contributed by atoms with E-state index in [4.69, 9.17) is 0 Å². The lowest BCUT2D eigenvalue weighted by Crippen LogP contribution is -1.97. The number of rotatable bonds is 4. The van der Waals surface area contributed by atoms with Gasteiger partial charge in [0.1, 0.15) is 6.29 Å². The molecule has 4 aromatic rings. The molecule has 4 nitrogen and oxygen atoms in total. The number of H-pyrrole nitrogens is 1. The first-order valence-corrected chi connectivity index (χ1v) is 7.46. The number of hydrogen-bond acceptors (Lipinski definition) is 2. The Morgan fingerprint density at radius 1 is 1.04 bits per heavy atom. The fourth-order valence-electron chi connectivity index (χ4n) is 2.83. The number of nitrogens with zero attached hydrogens (tertiary/aromatic N) is 2. The van der Waals surface area contributed by atoms with E-state index in [2.05, 4.69) is 45.2 Å². The highest BCUT2D eigenvalue weighted by Crippen LogP contribution is 2.20. The van der Waals surface area contributed by atoms with Crippen LogP contribution in [0.3, 0.4) is 0 Å². The molecule has 2 aromatic heterocycles. The number of nitrogens with one attached hydrogen (secondary N) is 1. The minimum atomic E-state index is 0.708.